The molecule has 0 amide bonds. The Morgan fingerprint density at radius 1 is 1.04 bits per heavy atom. The molecule has 0 aromatic rings. The molecule has 136 valence electrons. The molecule has 4 heteroatoms. The second-order valence-electron chi connectivity index (χ2n) is 6.83. The minimum absolute atomic E-state index is 0.0762. The van der Waals surface area contributed by atoms with Gasteiger partial charge in [0.15, 0.2) is 0 Å². The summed E-state index contributed by atoms with van der Waals surface area (Å²) in [5.74, 6) is -0.0875. The second-order valence-corrected chi connectivity index (χ2v) is 8.32. The van der Waals surface area contributed by atoms with Gasteiger partial charge in [-0.3, -0.25) is 4.79 Å². The van der Waals surface area contributed by atoms with Gasteiger partial charge in [-0.15, -0.1) is 0 Å². The third-order valence-electron chi connectivity index (χ3n) is 4.68. The maximum Gasteiger partial charge on any atom is 0.305 e. The van der Waals surface area contributed by atoms with Crippen molar-refractivity contribution >= 4 is 17.7 Å². The molecule has 1 rings (SSSR count). The van der Waals surface area contributed by atoms with Crippen LogP contribution in [0.4, 0.5) is 0 Å². The van der Waals surface area contributed by atoms with Crippen LogP contribution in [0.1, 0.15) is 90.4 Å². The summed E-state index contributed by atoms with van der Waals surface area (Å²) in [6.45, 7) is 2.22. The number of aliphatic hydroxyl groups is 1. The lowest BCUT2D eigenvalue weighted by Crippen LogP contribution is -2.11. The van der Waals surface area contributed by atoms with Gasteiger partial charge < -0.3 is 9.84 Å². The molecule has 0 bridgehead atoms. The van der Waals surface area contributed by atoms with Gasteiger partial charge in [-0.1, -0.05) is 58.3 Å². The van der Waals surface area contributed by atoms with Gasteiger partial charge in [-0.2, -0.15) is 11.8 Å². The Morgan fingerprint density at radius 2 is 1.74 bits per heavy atom. The molecule has 3 atom stereocenters. The van der Waals surface area contributed by atoms with Crippen molar-refractivity contribution in [2.75, 3.05) is 7.11 Å². The fraction of sp³-hybridized carbons (Fsp3) is 0.947. The van der Waals surface area contributed by atoms with Crippen molar-refractivity contribution in [1.29, 1.82) is 0 Å². The molecule has 1 heterocycles. The summed E-state index contributed by atoms with van der Waals surface area (Å²) in [6, 6.07) is 0. The summed E-state index contributed by atoms with van der Waals surface area (Å²) in [6.07, 6.45) is 14.7. The van der Waals surface area contributed by atoms with Crippen LogP contribution in [0, 0.1) is 0 Å². The number of ether oxygens (including phenoxy) is 1. The Labute approximate surface area is 146 Å². The third kappa shape index (κ3) is 11.0. The van der Waals surface area contributed by atoms with E-state index in [2.05, 4.69) is 23.4 Å². The van der Waals surface area contributed by atoms with Crippen molar-refractivity contribution in [3.63, 3.8) is 0 Å². The van der Waals surface area contributed by atoms with Gasteiger partial charge in [0.1, 0.15) is 0 Å². The highest BCUT2D eigenvalue weighted by Gasteiger charge is 2.38. The molecule has 0 aliphatic carbocycles. The van der Waals surface area contributed by atoms with Gasteiger partial charge >= 0.3 is 5.97 Å². The molecule has 1 N–H and O–H groups in total. The lowest BCUT2D eigenvalue weighted by Gasteiger charge is -2.09. The summed E-state index contributed by atoms with van der Waals surface area (Å²) in [4.78, 5) is 11.0. The summed E-state index contributed by atoms with van der Waals surface area (Å²) in [5, 5.41) is 11.6. The lowest BCUT2D eigenvalue weighted by molar-refractivity contribution is -0.140. The number of thioether (sulfide) groups is 1. The number of unbranched alkanes of at least 4 members (excludes halogenated alkanes) is 7. The molecule has 0 saturated carbocycles. The van der Waals surface area contributed by atoms with E-state index in [0.29, 0.717) is 6.42 Å². The highest BCUT2D eigenvalue weighted by atomic mass is 32.2. The van der Waals surface area contributed by atoms with E-state index in [1.54, 1.807) is 0 Å². The molecule has 1 aliphatic heterocycles. The highest BCUT2D eigenvalue weighted by Crippen LogP contribution is 2.47. The number of carbonyl (C=O) groups excluding carboxylic acids is 1. The van der Waals surface area contributed by atoms with Gasteiger partial charge in [0.25, 0.3) is 0 Å². The topological polar surface area (TPSA) is 46.5 Å². The zero-order valence-corrected chi connectivity index (χ0v) is 15.9. The normalized spacial score (nSPS) is 21.2. The van der Waals surface area contributed by atoms with Crippen LogP contribution in [0.5, 0.6) is 0 Å². The van der Waals surface area contributed by atoms with E-state index in [1.165, 1.54) is 58.5 Å². The first-order valence-electron chi connectivity index (χ1n) is 9.57. The largest absolute Gasteiger partial charge is 0.469 e. The average molecular weight is 345 g/mol. The first-order chi connectivity index (χ1) is 11.2. The first kappa shape index (κ1) is 20.8. The first-order valence-corrected chi connectivity index (χ1v) is 10.5. The molecule has 23 heavy (non-hydrogen) atoms. The van der Waals surface area contributed by atoms with Crippen LogP contribution in [0.25, 0.3) is 0 Å². The summed E-state index contributed by atoms with van der Waals surface area (Å²) < 4.78 is 4.64. The van der Waals surface area contributed by atoms with Gasteiger partial charge in [0.2, 0.25) is 0 Å². The number of carbonyl (C=O) groups is 1. The fourth-order valence-corrected chi connectivity index (χ4v) is 4.32. The SMILES string of the molecule is CCCCCC[C@@H](O)CC1SC1CCCCCCCC(=O)OC. The predicted molar refractivity (Wildman–Crippen MR) is 98.9 cm³/mol. The molecule has 1 saturated heterocycles. The van der Waals surface area contributed by atoms with Crippen LogP contribution in [0.2, 0.25) is 0 Å². The standard InChI is InChI=1S/C19H36O3S/c1-3-4-5-9-12-16(20)15-18-17(23-18)13-10-7-6-8-11-14-19(21)22-2/h16-18,20H,3-15H2,1-2H3/t16-,17?,18?/m1/s1. The molecule has 1 fully saturated rings. The number of hydrogen-bond donors (Lipinski definition) is 1. The number of aliphatic hydroxyl groups excluding tert-OH is 1. The number of methoxy groups -OCH3 is 1. The average Bonchev–Trinajstić information content (AvgIpc) is 3.28. The van der Waals surface area contributed by atoms with E-state index >= 15 is 0 Å². The number of rotatable bonds is 15. The molecule has 2 unspecified atom stereocenters. The van der Waals surface area contributed by atoms with Gasteiger partial charge in [-0.05, 0) is 25.7 Å². The molecule has 0 radical (unpaired) electrons. The molecular weight excluding hydrogens is 308 g/mol. The molecule has 1 aliphatic rings. The Balaban J connectivity index is 1.86. The second kappa shape index (κ2) is 13.1. The van der Waals surface area contributed by atoms with Crippen LogP contribution < -0.4 is 0 Å². The number of esters is 1. The van der Waals surface area contributed by atoms with Gasteiger partial charge in [0, 0.05) is 16.9 Å². The smallest absolute Gasteiger partial charge is 0.305 e. The molecule has 0 aromatic carbocycles. The Kier molecular flexibility index (Phi) is 11.9. The van der Waals surface area contributed by atoms with Gasteiger partial charge in [0.05, 0.1) is 13.2 Å². The number of hydrogen-bond acceptors (Lipinski definition) is 4. The maximum absolute atomic E-state index is 11.0. The van der Waals surface area contributed by atoms with Crippen molar-refractivity contribution in [3.05, 3.63) is 0 Å². The van der Waals surface area contributed by atoms with Crippen molar-refractivity contribution in [1.82, 2.24) is 0 Å². The fourth-order valence-electron chi connectivity index (χ4n) is 3.08. The van der Waals surface area contributed by atoms with Crippen LogP contribution in [-0.2, 0) is 9.53 Å². The van der Waals surface area contributed by atoms with Crippen molar-refractivity contribution < 1.29 is 14.6 Å². The van der Waals surface area contributed by atoms with Crippen LogP contribution in [0.3, 0.4) is 0 Å². The lowest BCUT2D eigenvalue weighted by atomic mass is 10.0. The zero-order chi connectivity index (χ0) is 16.9. The Hall–Kier alpha value is -0.220. The molecule has 3 nitrogen and oxygen atoms in total. The van der Waals surface area contributed by atoms with Crippen LogP contribution >= 0.6 is 11.8 Å². The van der Waals surface area contributed by atoms with Crippen molar-refractivity contribution in [3.8, 4) is 0 Å². The van der Waals surface area contributed by atoms with E-state index < -0.39 is 0 Å². The molecular formula is C19H36O3S. The van der Waals surface area contributed by atoms with E-state index in [9.17, 15) is 9.90 Å². The summed E-state index contributed by atoms with van der Waals surface area (Å²) in [5.41, 5.74) is 0. The maximum atomic E-state index is 11.0. The zero-order valence-electron chi connectivity index (χ0n) is 15.1. The predicted octanol–water partition coefficient (Wildman–Crippen LogP) is 5.10. The minimum Gasteiger partial charge on any atom is -0.469 e. The highest BCUT2D eigenvalue weighted by molar-refractivity contribution is 8.07. The summed E-state index contributed by atoms with van der Waals surface area (Å²) in [7, 11) is 1.45. The summed E-state index contributed by atoms with van der Waals surface area (Å²) >= 11 is 2.06. The monoisotopic (exact) mass is 344 g/mol. The molecule has 0 spiro atoms. The van der Waals surface area contributed by atoms with Crippen LogP contribution in [-0.4, -0.2) is 34.8 Å². The van der Waals surface area contributed by atoms with E-state index in [0.717, 1.165) is 36.2 Å². The van der Waals surface area contributed by atoms with E-state index in [4.69, 9.17) is 0 Å². The van der Waals surface area contributed by atoms with E-state index in [1.807, 2.05) is 0 Å². The Bertz CT molecular complexity index is 309. The molecule has 0 aromatic heterocycles. The van der Waals surface area contributed by atoms with Crippen molar-refractivity contribution in [2.45, 2.75) is 107 Å². The van der Waals surface area contributed by atoms with Gasteiger partial charge in [-0.25, -0.2) is 0 Å². The quantitative estimate of drug-likeness (QED) is 0.255. The minimum atomic E-state index is -0.0875. The third-order valence-corrected chi connectivity index (χ3v) is 6.15. The van der Waals surface area contributed by atoms with Crippen molar-refractivity contribution in [2.24, 2.45) is 0 Å². The Morgan fingerprint density at radius 3 is 2.48 bits per heavy atom. The van der Waals surface area contributed by atoms with E-state index in [-0.39, 0.29) is 12.1 Å². The van der Waals surface area contributed by atoms with Crippen LogP contribution in [0.15, 0.2) is 0 Å².